The van der Waals surface area contributed by atoms with E-state index in [4.69, 9.17) is 9.47 Å². The number of aromatic nitrogens is 1. The van der Waals surface area contributed by atoms with Crippen LogP contribution < -0.4 is 14.8 Å². The van der Waals surface area contributed by atoms with E-state index in [1.165, 1.54) is 38.5 Å². The van der Waals surface area contributed by atoms with Gasteiger partial charge >= 0.3 is 0 Å². The third kappa shape index (κ3) is 4.02. The summed E-state index contributed by atoms with van der Waals surface area (Å²) in [5.74, 6) is -0.452. The Morgan fingerprint density at radius 1 is 0.969 bits per heavy atom. The first-order valence-electron chi connectivity index (χ1n) is 9.77. The number of halogens is 1. The number of carbonyl (C=O) groups is 2. The highest BCUT2D eigenvalue weighted by Gasteiger charge is 2.39. The lowest BCUT2D eigenvalue weighted by Gasteiger charge is -2.15. The highest BCUT2D eigenvalue weighted by molar-refractivity contribution is 6.36. The molecule has 0 radical (unpaired) electrons. The molecule has 3 aromatic rings. The fraction of sp³-hybridized carbons (Fsp3) is 0.125. The fourth-order valence-electron chi connectivity index (χ4n) is 3.41. The molecule has 2 aromatic carbocycles. The van der Waals surface area contributed by atoms with E-state index >= 15 is 0 Å². The van der Waals surface area contributed by atoms with Gasteiger partial charge in [0, 0.05) is 12.3 Å². The standard InChI is InChI=1S/C24H20FN3O4/c1-31-18-10-11-19(20(13-18)32-2)27-22-21(15-6-8-16(25)9-7-15)23(29)28(24(22)30)14-17-5-3-4-12-26-17/h3-13,27H,14H2,1-2H3. The number of benzene rings is 2. The summed E-state index contributed by atoms with van der Waals surface area (Å²) in [4.78, 5) is 31.9. The third-order valence-electron chi connectivity index (χ3n) is 5.02. The van der Waals surface area contributed by atoms with Gasteiger partial charge in [0.25, 0.3) is 11.8 Å². The molecule has 0 spiro atoms. The van der Waals surface area contributed by atoms with Gasteiger partial charge in [-0.25, -0.2) is 4.39 Å². The molecule has 7 nitrogen and oxygen atoms in total. The molecule has 1 aliphatic rings. The topological polar surface area (TPSA) is 80.8 Å². The van der Waals surface area contributed by atoms with Crippen LogP contribution in [0.4, 0.5) is 10.1 Å². The van der Waals surface area contributed by atoms with Crippen LogP contribution in [0, 0.1) is 5.82 Å². The van der Waals surface area contributed by atoms with E-state index in [-0.39, 0.29) is 17.8 Å². The van der Waals surface area contributed by atoms with Crippen LogP contribution in [-0.4, -0.2) is 35.9 Å². The molecule has 1 aliphatic heterocycles. The number of hydrogen-bond acceptors (Lipinski definition) is 6. The maximum absolute atomic E-state index is 13.5. The Hall–Kier alpha value is -4.20. The Labute approximate surface area is 184 Å². The van der Waals surface area contributed by atoms with Crippen molar-refractivity contribution >= 4 is 23.1 Å². The average molecular weight is 433 g/mol. The van der Waals surface area contributed by atoms with Gasteiger partial charge in [0.2, 0.25) is 0 Å². The molecule has 0 saturated heterocycles. The Morgan fingerprint density at radius 2 is 1.75 bits per heavy atom. The number of methoxy groups -OCH3 is 2. The van der Waals surface area contributed by atoms with E-state index in [2.05, 4.69) is 10.3 Å². The zero-order chi connectivity index (χ0) is 22.7. The van der Waals surface area contributed by atoms with Crippen LogP contribution >= 0.6 is 0 Å². The van der Waals surface area contributed by atoms with Gasteiger partial charge in [-0.3, -0.25) is 19.5 Å². The Balaban J connectivity index is 1.76. The first kappa shape index (κ1) is 21.0. The summed E-state index contributed by atoms with van der Waals surface area (Å²) >= 11 is 0. The molecule has 0 aliphatic carbocycles. The number of hydrogen-bond donors (Lipinski definition) is 1. The Morgan fingerprint density at radius 3 is 2.41 bits per heavy atom. The summed E-state index contributed by atoms with van der Waals surface area (Å²) in [7, 11) is 3.02. The van der Waals surface area contributed by atoms with Gasteiger partial charge in [0.15, 0.2) is 0 Å². The van der Waals surface area contributed by atoms with Gasteiger partial charge in [-0.2, -0.15) is 0 Å². The Kier molecular flexibility index (Phi) is 5.85. The molecule has 32 heavy (non-hydrogen) atoms. The van der Waals surface area contributed by atoms with Crippen LogP contribution in [0.1, 0.15) is 11.3 Å². The normalized spacial score (nSPS) is 13.5. The lowest BCUT2D eigenvalue weighted by atomic mass is 10.0. The largest absolute Gasteiger partial charge is 0.497 e. The molecule has 0 saturated carbocycles. The summed E-state index contributed by atoms with van der Waals surface area (Å²) in [6, 6.07) is 15.7. The number of imide groups is 1. The molecule has 2 amide bonds. The van der Waals surface area contributed by atoms with Crippen LogP contribution in [0.15, 0.2) is 72.6 Å². The molecular weight excluding hydrogens is 413 g/mol. The minimum atomic E-state index is -0.516. The highest BCUT2D eigenvalue weighted by Crippen LogP contribution is 2.35. The molecule has 0 bridgehead atoms. The van der Waals surface area contributed by atoms with E-state index in [1.807, 2.05) is 0 Å². The van der Waals surface area contributed by atoms with E-state index in [9.17, 15) is 14.0 Å². The van der Waals surface area contributed by atoms with E-state index in [1.54, 1.807) is 42.6 Å². The van der Waals surface area contributed by atoms with Gasteiger partial charge in [-0.1, -0.05) is 18.2 Å². The van der Waals surface area contributed by atoms with Crippen molar-refractivity contribution in [2.45, 2.75) is 6.54 Å². The number of carbonyl (C=O) groups excluding carboxylic acids is 2. The monoisotopic (exact) mass is 433 g/mol. The average Bonchev–Trinajstić information content (AvgIpc) is 3.05. The van der Waals surface area contributed by atoms with Gasteiger partial charge in [-0.15, -0.1) is 0 Å². The number of ether oxygens (including phenoxy) is 2. The molecule has 2 heterocycles. The maximum Gasteiger partial charge on any atom is 0.278 e. The number of pyridine rings is 1. The first-order chi connectivity index (χ1) is 15.5. The van der Waals surface area contributed by atoms with E-state index in [0.29, 0.717) is 28.4 Å². The zero-order valence-electron chi connectivity index (χ0n) is 17.5. The van der Waals surface area contributed by atoms with Crippen LogP contribution in [0.5, 0.6) is 11.5 Å². The summed E-state index contributed by atoms with van der Waals surface area (Å²) < 4.78 is 24.1. The van der Waals surface area contributed by atoms with Crippen molar-refractivity contribution in [3.8, 4) is 11.5 Å². The molecule has 1 aromatic heterocycles. The summed E-state index contributed by atoms with van der Waals surface area (Å²) in [6.07, 6.45) is 1.59. The second-order valence-electron chi connectivity index (χ2n) is 6.97. The van der Waals surface area contributed by atoms with Crippen molar-refractivity contribution in [1.82, 2.24) is 9.88 Å². The second-order valence-corrected chi connectivity index (χ2v) is 6.97. The molecule has 4 rings (SSSR count). The van der Waals surface area contributed by atoms with Gasteiger partial charge in [0.05, 0.1) is 37.7 Å². The zero-order valence-corrected chi connectivity index (χ0v) is 17.5. The highest BCUT2D eigenvalue weighted by atomic mass is 19.1. The van der Waals surface area contributed by atoms with Crippen molar-refractivity contribution in [3.63, 3.8) is 0 Å². The number of rotatable bonds is 7. The predicted octanol–water partition coefficient (Wildman–Crippen LogP) is 3.63. The SMILES string of the molecule is COc1ccc(NC2=C(c3ccc(F)cc3)C(=O)N(Cc3ccccn3)C2=O)c(OC)c1. The molecule has 0 fully saturated rings. The van der Waals surface area contributed by atoms with Crippen molar-refractivity contribution in [2.75, 3.05) is 19.5 Å². The van der Waals surface area contributed by atoms with Crippen LogP contribution in [0.3, 0.4) is 0 Å². The molecule has 162 valence electrons. The number of nitrogens with zero attached hydrogens (tertiary/aromatic N) is 2. The smallest absolute Gasteiger partial charge is 0.278 e. The lowest BCUT2D eigenvalue weighted by Crippen LogP contribution is -2.32. The molecule has 0 unspecified atom stereocenters. The van der Waals surface area contributed by atoms with Crippen molar-refractivity contribution in [3.05, 3.63) is 89.6 Å². The first-order valence-corrected chi connectivity index (χ1v) is 9.77. The lowest BCUT2D eigenvalue weighted by molar-refractivity contribution is -0.137. The quantitative estimate of drug-likeness (QED) is 0.573. The predicted molar refractivity (Wildman–Crippen MR) is 116 cm³/mol. The summed E-state index contributed by atoms with van der Waals surface area (Å²) in [5.41, 5.74) is 1.67. The molecule has 1 N–H and O–H groups in total. The summed E-state index contributed by atoms with van der Waals surface area (Å²) in [5, 5.41) is 3.04. The summed E-state index contributed by atoms with van der Waals surface area (Å²) in [6.45, 7) is 0.00806. The minimum Gasteiger partial charge on any atom is -0.497 e. The van der Waals surface area contributed by atoms with Crippen LogP contribution in [0.2, 0.25) is 0 Å². The van der Waals surface area contributed by atoms with Gasteiger partial charge in [0.1, 0.15) is 23.0 Å². The number of nitrogens with one attached hydrogen (secondary N) is 1. The maximum atomic E-state index is 13.5. The molecule has 8 heteroatoms. The van der Waals surface area contributed by atoms with E-state index in [0.717, 1.165) is 4.90 Å². The second kappa shape index (κ2) is 8.89. The number of anilines is 1. The van der Waals surface area contributed by atoms with Crippen molar-refractivity contribution < 1.29 is 23.5 Å². The fourth-order valence-corrected chi connectivity index (χ4v) is 3.41. The van der Waals surface area contributed by atoms with Gasteiger partial charge < -0.3 is 14.8 Å². The van der Waals surface area contributed by atoms with Gasteiger partial charge in [-0.05, 0) is 42.0 Å². The molecule has 0 atom stereocenters. The van der Waals surface area contributed by atoms with Crippen LogP contribution in [-0.2, 0) is 16.1 Å². The minimum absolute atomic E-state index is 0.00806. The van der Waals surface area contributed by atoms with Crippen molar-refractivity contribution in [2.24, 2.45) is 0 Å². The third-order valence-corrected chi connectivity index (χ3v) is 5.02. The van der Waals surface area contributed by atoms with E-state index < -0.39 is 17.6 Å². The number of amides is 2. The van der Waals surface area contributed by atoms with Crippen LogP contribution in [0.25, 0.3) is 5.57 Å². The Bertz CT molecular complexity index is 1190. The van der Waals surface area contributed by atoms with Crippen molar-refractivity contribution in [1.29, 1.82) is 0 Å². The molecular formula is C24H20FN3O4.